The van der Waals surface area contributed by atoms with Gasteiger partial charge in [-0.1, -0.05) is 12.1 Å². The molecule has 5 heteroatoms. The first-order valence-electron chi connectivity index (χ1n) is 6.75. The molecule has 1 N–H and O–H groups in total. The van der Waals surface area contributed by atoms with Gasteiger partial charge in [-0.3, -0.25) is 4.79 Å². The van der Waals surface area contributed by atoms with Gasteiger partial charge in [0.05, 0.1) is 22.1 Å². The Morgan fingerprint density at radius 2 is 1.91 bits per heavy atom. The van der Waals surface area contributed by atoms with Crippen LogP contribution in [0.25, 0.3) is 22.1 Å². The van der Waals surface area contributed by atoms with Gasteiger partial charge in [0.15, 0.2) is 0 Å². The summed E-state index contributed by atoms with van der Waals surface area (Å²) < 4.78 is 5.48. The highest BCUT2D eigenvalue weighted by atomic mass is 16.3. The van der Waals surface area contributed by atoms with E-state index in [4.69, 9.17) is 9.68 Å². The summed E-state index contributed by atoms with van der Waals surface area (Å²) in [6, 6.07) is 11.5. The second kappa shape index (κ2) is 5.32. The van der Waals surface area contributed by atoms with Crippen LogP contribution in [0.5, 0.6) is 5.75 Å². The highest BCUT2D eigenvalue weighted by Gasteiger charge is 2.15. The van der Waals surface area contributed by atoms with Crippen LogP contribution in [0.4, 0.5) is 0 Å². The van der Waals surface area contributed by atoms with Gasteiger partial charge in [0.1, 0.15) is 29.7 Å². The Hall–Kier alpha value is -3.57. The van der Waals surface area contributed by atoms with E-state index in [1.807, 2.05) is 12.1 Å². The fourth-order valence-electron chi connectivity index (χ4n) is 2.46. The van der Waals surface area contributed by atoms with E-state index < -0.39 is 0 Å². The first kappa shape index (κ1) is 14.4. The van der Waals surface area contributed by atoms with Crippen LogP contribution in [-0.4, -0.2) is 5.11 Å². The Labute approximate surface area is 131 Å². The minimum atomic E-state index is -0.346. The monoisotopic (exact) mass is 302 g/mol. The molecule has 3 rings (SSSR count). The minimum absolute atomic E-state index is 0.0618. The van der Waals surface area contributed by atoms with Gasteiger partial charge in [-0.2, -0.15) is 10.5 Å². The van der Waals surface area contributed by atoms with Crippen LogP contribution in [0.3, 0.4) is 0 Å². The topological polar surface area (TPSA) is 98.0 Å². The molecule has 0 atom stereocenters. The zero-order valence-electron chi connectivity index (χ0n) is 12.1. The van der Waals surface area contributed by atoms with Crippen LogP contribution < -0.4 is 5.43 Å². The van der Waals surface area contributed by atoms with Crippen molar-refractivity contribution in [1.29, 1.82) is 10.5 Å². The van der Waals surface area contributed by atoms with E-state index in [0.717, 1.165) is 0 Å². The number of benzene rings is 2. The van der Waals surface area contributed by atoms with E-state index in [9.17, 15) is 15.2 Å². The van der Waals surface area contributed by atoms with Crippen LogP contribution in [0.15, 0.2) is 45.8 Å². The van der Waals surface area contributed by atoms with E-state index in [0.29, 0.717) is 16.7 Å². The maximum atomic E-state index is 12.8. The lowest BCUT2D eigenvalue weighted by Gasteiger charge is -2.06. The SMILES string of the molecule is Cc1ccc2occ(-c3ccc(O)c(C#N)c3)c(=O)c2c1C#N. The third-order valence-electron chi connectivity index (χ3n) is 3.69. The summed E-state index contributed by atoms with van der Waals surface area (Å²) in [7, 11) is 0. The molecule has 0 aliphatic rings. The number of rotatable bonds is 1. The van der Waals surface area contributed by atoms with Crippen LogP contribution in [0, 0.1) is 29.6 Å². The summed E-state index contributed by atoms with van der Waals surface area (Å²) in [5.41, 5.74) is 1.69. The van der Waals surface area contributed by atoms with Gasteiger partial charge in [-0.05, 0) is 36.2 Å². The van der Waals surface area contributed by atoms with Crippen molar-refractivity contribution in [3.8, 4) is 29.0 Å². The number of nitrogens with zero attached hydrogens (tertiary/aromatic N) is 2. The second-order valence-electron chi connectivity index (χ2n) is 5.06. The largest absolute Gasteiger partial charge is 0.507 e. The molecule has 0 radical (unpaired) electrons. The number of phenols is 1. The molecule has 110 valence electrons. The van der Waals surface area contributed by atoms with Gasteiger partial charge < -0.3 is 9.52 Å². The molecule has 0 amide bonds. The van der Waals surface area contributed by atoms with Crippen LogP contribution in [0.2, 0.25) is 0 Å². The van der Waals surface area contributed by atoms with Crippen molar-refractivity contribution >= 4 is 11.0 Å². The predicted octanol–water partition coefficient (Wildman–Crippen LogP) is 3.22. The molecular weight excluding hydrogens is 292 g/mol. The molecule has 0 saturated heterocycles. The standard InChI is InChI=1S/C18H10N2O3/c1-10-2-5-16-17(13(10)8-20)18(22)14(9-23-16)11-3-4-15(21)12(6-11)7-19/h2-6,9,21H,1H3. The van der Waals surface area contributed by atoms with E-state index in [-0.39, 0.29) is 33.3 Å². The number of aryl methyl sites for hydroxylation is 1. The van der Waals surface area contributed by atoms with E-state index >= 15 is 0 Å². The molecule has 1 heterocycles. The third-order valence-corrected chi connectivity index (χ3v) is 3.69. The van der Waals surface area contributed by atoms with Crippen molar-refractivity contribution in [3.63, 3.8) is 0 Å². The van der Waals surface area contributed by atoms with Crippen molar-refractivity contribution < 1.29 is 9.52 Å². The van der Waals surface area contributed by atoms with E-state index in [2.05, 4.69) is 0 Å². The summed E-state index contributed by atoms with van der Waals surface area (Å²) in [6.45, 7) is 1.75. The molecule has 5 nitrogen and oxygen atoms in total. The third kappa shape index (κ3) is 2.21. The molecular formula is C18H10N2O3. The number of fused-ring (bicyclic) bond motifs is 1. The summed E-state index contributed by atoms with van der Waals surface area (Å²) in [6.07, 6.45) is 1.30. The molecule has 1 aromatic heterocycles. The highest BCUT2D eigenvalue weighted by Crippen LogP contribution is 2.26. The Morgan fingerprint density at radius 3 is 2.61 bits per heavy atom. The Balaban J connectivity index is 2.37. The quantitative estimate of drug-likeness (QED) is 0.744. The lowest BCUT2D eigenvalue weighted by atomic mass is 9.99. The van der Waals surface area contributed by atoms with Gasteiger partial charge in [-0.25, -0.2) is 0 Å². The number of aromatic hydroxyl groups is 1. The first-order valence-corrected chi connectivity index (χ1v) is 6.75. The molecule has 23 heavy (non-hydrogen) atoms. The number of hydrogen-bond acceptors (Lipinski definition) is 5. The summed E-state index contributed by atoms with van der Waals surface area (Å²) in [5, 5.41) is 28.1. The van der Waals surface area contributed by atoms with Crippen molar-refractivity contribution in [3.05, 3.63) is 63.5 Å². The van der Waals surface area contributed by atoms with Crippen molar-refractivity contribution in [2.24, 2.45) is 0 Å². The molecule has 0 aliphatic carbocycles. The Morgan fingerprint density at radius 1 is 1.13 bits per heavy atom. The number of hydrogen-bond donors (Lipinski definition) is 1. The Bertz CT molecular complexity index is 1080. The maximum Gasteiger partial charge on any atom is 0.201 e. The molecule has 2 aromatic carbocycles. The molecule has 0 aliphatic heterocycles. The number of phenolic OH excluding ortho intramolecular Hbond substituents is 1. The highest BCUT2D eigenvalue weighted by molar-refractivity contribution is 5.87. The summed E-state index contributed by atoms with van der Waals surface area (Å²) >= 11 is 0. The molecule has 0 spiro atoms. The van der Waals surface area contributed by atoms with Crippen molar-refractivity contribution in [1.82, 2.24) is 0 Å². The number of nitriles is 2. The molecule has 0 fully saturated rings. The van der Waals surface area contributed by atoms with Gasteiger partial charge in [-0.15, -0.1) is 0 Å². The molecule has 0 saturated carbocycles. The lowest BCUT2D eigenvalue weighted by Crippen LogP contribution is -2.07. The molecule has 3 aromatic rings. The van der Waals surface area contributed by atoms with Gasteiger partial charge in [0, 0.05) is 0 Å². The zero-order valence-corrected chi connectivity index (χ0v) is 12.1. The van der Waals surface area contributed by atoms with Crippen LogP contribution in [-0.2, 0) is 0 Å². The summed E-state index contributed by atoms with van der Waals surface area (Å²) in [4.78, 5) is 12.8. The Kier molecular flexibility index (Phi) is 3.33. The average molecular weight is 302 g/mol. The fraction of sp³-hybridized carbons (Fsp3) is 0.0556. The van der Waals surface area contributed by atoms with Gasteiger partial charge in [0.25, 0.3) is 0 Å². The summed E-state index contributed by atoms with van der Waals surface area (Å²) in [5.74, 6) is -0.157. The van der Waals surface area contributed by atoms with Crippen LogP contribution in [0.1, 0.15) is 16.7 Å². The average Bonchev–Trinajstić information content (AvgIpc) is 2.56. The minimum Gasteiger partial charge on any atom is -0.507 e. The smallest absolute Gasteiger partial charge is 0.201 e. The molecule has 0 bridgehead atoms. The molecule has 0 unspecified atom stereocenters. The second-order valence-corrected chi connectivity index (χ2v) is 5.06. The van der Waals surface area contributed by atoms with Crippen molar-refractivity contribution in [2.75, 3.05) is 0 Å². The van der Waals surface area contributed by atoms with Gasteiger partial charge in [0.2, 0.25) is 5.43 Å². The van der Waals surface area contributed by atoms with E-state index in [1.54, 1.807) is 19.1 Å². The maximum absolute atomic E-state index is 12.8. The first-order chi connectivity index (χ1) is 11.1. The predicted molar refractivity (Wildman–Crippen MR) is 83.8 cm³/mol. The van der Waals surface area contributed by atoms with Crippen LogP contribution >= 0.6 is 0 Å². The van der Waals surface area contributed by atoms with Crippen molar-refractivity contribution in [2.45, 2.75) is 6.92 Å². The van der Waals surface area contributed by atoms with Gasteiger partial charge >= 0.3 is 0 Å². The zero-order chi connectivity index (χ0) is 16.6. The fourth-order valence-corrected chi connectivity index (χ4v) is 2.46. The lowest BCUT2D eigenvalue weighted by molar-refractivity contribution is 0.473. The van der Waals surface area contributed by atoms with E-state index in [1.165, 1.54) is 24.5 Å². The normalized spacial score (nSPS) is 10.2.